The average Bonchev–Trinajstić information content (AvgIpc) is 2.94. The molecule has 0 amide bonds. The van der Waals surface area contributed by atoms with Gasteiger partial charge in [-0.1, -0.05) is 0 Å². The van der Waals surface area contributed by atoms with Crippen LogP contribution in [0, 0.1) is 6.92 Å². The number of hydrogen-bond acceptors (Lipinski definition) is 7. The lowest BCUT2D eigenvalue weighted by Crippen LogP contribution is -2.40. The first kappa shape index (κ1) is 19.4. The lowest BCUT2D eigenvalue weighted by Gasteiger charge is -2.34. The number of nitrogens with one attached hydrogen (secondary N) is 1. The van der Waals surface area contributed by atoms with Gasteiger partial charge in [-0.2, -0.15) is 23.3 Å². The Kier molecular flexibility index (Phi) is 4.76. The maximum Gasteiger partial charge on any atom is 0.422 e. The first-order chi connectivity index (χ1) is 12.5. The van der Waals surface area contributed by atoms with Gasteiger partial charge >= 0.3 is 6.18 Å². The first-order valence-corrected chi connectivity index (χ1v) is 8.28. The molecule has 0 bridgehead atoms. The molecule has 0 aromatic carbocycles. The molecule has 0 radical (unpaired) electrons. The maximum atomic E-state index is 13.7. The third kappa shape index (κ3) is 3.83. The molecule has 0 atom stereocenters. The minimum Gasteiger partial charge on any atom is -0.372 e. The standard InChI is InChI=1S/C16H21F3N6O2/c1-8-10(5-25(24-8)9-6-26-15(2,3)27-7-9)12-11(16(17,18)19)13(21-4)23-14(20)22-12/h5,9H,6-7H2,1-4H3,(H3,20,21,22,23). The van der Waals surface area contributed by atoms with E-state index in [-0.39, 0.29) is 29.1 Å². The van der Waals surface area contributed by atoms with E-state index < -0.39 is 17.5 Å². The summed E-state index contributed by atoms with van der Waals surface area (Å²) in [7, 11) is 1.34. The van der Waals surface area contributed by atoms with Crippen LogP contribution >= 0.6 is 0 Å². The van der Waals surface area contributed by atoms with Gasteiger partial charge in [0.05, 0.1) is 30.6 Å². The zero-order valence-electron chi connectivity index (χ0n) is 15.4. The van der Waals surface area contributed by atoms with Crippen molar-refractivity contribution in [3.05, 3.63) is 17.5 Å². The second kappa shape index (κ2) is 6.64. The van der Waals surface area contributed by atoms with Gasteiger partial charge in [0.25, 0.3) is 0 Å². The molecule has 11 heteroatoms. The van der Waals surface area contributed by atoms with Gasteiger partial charge in [0, 0.05) is 18.8 Å². The van der Waals surface area contributed by atoms with E-state index >= 15 is 0 Å². The molecule has 0 saturated carbocycles. The van der Waals surface area contributed by atoms with Crippen LogP contribution in [0.1, 0.15) is 31.1 Å². The number of nitrogen functional groups attached to an aromatic ring is 1. The SMILES string of the molecule is CNc1nc(N)nc(-c2cn(C3COC(C)(C)OC3)nc2C)c1C(F)(F)F. The summed E-state index contributed by atoms with van der Waals surface area (Å²) in [6, 6.07) is -0.261. The average molecular weight is 386 g/mol. The number of rotatable bonds is 3. The van der Waals surface area contributed by atoms with Crippen molar-refractivity contribution in [2.24, 2.45) is 0 Å². The van der Waals surface area contributed by atoms with Crippen LogP contribution < -0.4 is 11.1 Å². The summed E-state index contributed by atoms with van der Waals surface area (Å²) < 4.78 is 53.7. The van der Waals surface area contributed by atoms with Gasteiger partial charge in [0.15, 0.2) is 5.79 Å². The Morgan fingerprint density at radius 2 is 1.89 bits per heavy atom. The van der Waals surface area contributed by atoms with E-state index in [0.29, 0.717) is 18.9 Å². The number of ether oxygens (including phenoxy) is 2. The van der Waals surface area contributed by atoms with E-state index in [1.165, 1.54) is 17.9 Å². The highest BCUT2D eigenvalue weighted by molar-refractivity contribution is 5.72. The van der Waals surface area contributed by atoms with Crippen LogP contribution in [-0.4, -0.2) is 45.8 Å². The van der Waals surface area contributed by atoms with Gasteiger partial charge in [-0.05, 0) is 20.8 Å². The monoisotopic (exact) mass is 386 g/mol. The summed E-state index contributed by atoms with van der Waals surface area (Å²) in [5.74, 6) is -1.35. The Labute approximate surface area is 153 Å². The van der Waals surface area contributed by atoms with Crippen molar-refractivity contribution in [1.82, 2.24) is 19.7 Å². The van der Waals surface area contributed by atoms with E-state index in [2.05, 4.69) is 20.4 Å². The molecule has 1 aliphatic rings. The Morgan fingerprint density at radius 1 is 1.26 bits per heavy atom. The summed E-state index contributed by atoms with van der Waals surface area (Å²) >= 11 is 0. The molecule has 3 N–H and O–H groups in total. The van der Waals surface area contributed by atoms with E-state index in [1.807, 2.05) is 0 Å². The highest BCUT2D eigenvalue weighted by atomic mass is 19.4. The molecule has 0 aliphatic carbocycles. The number of alkyl halides is 3. The fourth-order valence-corrected chi connectivity index (χ4v) is 2.86. The highest BCUT2D eigenvalue weighted by Gasteiger charge is 2.40. The van der Waals surface area contributed by atoms with E-state index in [4.69, 9.17) is 15.2 Å². The Hall–Kier alpha value is -2.40. The molecule has 3 heterocycles. The predicted octanol–water partition coefficient (Wildman–Crippen LogP) is 2.62. The van der Waals surface area contributed by atoms with Gasteiger partial charge < -0.3 is 20.5 Å². The van der Waals surface area contributed by atoms with Crippen LogP contribution in [-0.2, 0) is 15.7 Å². The molecule has 0 spiro atoms. The number of aromatic nitrogens is 4. The fourth-order valence-electron chi connectivity index (χ4n) is 2.86. The van der Waals surface area contributed by atoms with Crippen molar-refractivity contribution < 1.29 is 22.6 Å². The van der Waals surface area contributed by atoms with Gasteiger partial charge in [0.2, 0.25) is 5.95 Å². The molecule has 8 nitrogen and oxygen atoms in total. The third-order valence-corrected chi connectivity index (χ3v) is 4.24. The summed E-state index contributed by atoms with van der Waals surface area (Å²) in [5.41, 5.74) is 4.91. The summed E-state index contributed by atoms with van der Waals surface area (Å²) in [4.78, 5) is 7.51. The quantitative estimate of drug-likeness (QED) is 0.836. The molecular weight excluding hydrogens is 365 g/mol. The van der Waals surface area contributed by atoms with Crippen LogP contribution in [0.3, 0.4) is 0 Å². The number of nitrogens with two attached hydrogens (primary N) is 1. The fraction of sp³-hybridized carbons (Fsp3) is 0.562. The van der Waals surface area contributed by atoms with Gasteiger partial charge in [-0.15, -0.1) is 0 Å². The van der Waals surface area contributed by atoms with Crippen LogP contribution in [0.4, 0.5) is 24.9 Å². The van der Waals surface area contributed by atoms with Gasteiger partial charge in [0.1, 0.15) is 11.4 Å². The third-order valence-electron chi connectivity index (χ3n) is 4.24. The van der Waals surface area contributed by atoms with Crippen LogP contribution in [0.25, 0.3) is 11.3 Å². The van der Waals surface area contributed by atoms with Crippen molar-refractivity contribution >= 4 is 11.8 Å². The number of nitrogens with zero attached hydrogens (tertiary/aromatic N) is 4. The minimum absolute atomic E-state index is 0.220. The topological polar surface area (TPSA) is 100 Å². The van der Waals surface area contributed by atoms with Gasteiger partial charge in [-0.25, -0.2) is 4.98 Å². The number of aryl methyl sites for hydroxylation is 1. The lowest BCUT2D eigenvalue weighted by atomic mass is 10.1. The molecule has 2 aromatic rings. The lowest BCUT2D eigenvalue weighted by molar-refractivity contribution is -0.259. The molecular formula is C16H21F3N6O2. The predicted molar refractivity (Wildman–Crippen MR) is 92.0 cm³/mol. The van der Waals surface area contributed by atoms with Crippen molar-refractivity contribution in [3.8, 4) is 11.3 Å². The van der Waals surface area contributed by atoms with Crippen LogP contribution in [0.5, 0.6) is 0 Å². The molecule has 2 aromatic heterocycles. The maximum absolute atomic E-state index is 13.7. The first-order valence-electron chi connectivity index (χ1n) is 8.28. The Morgan fingerprint density at radius 3 is 2.44 bits per heavy atom. The van der Waals surface area contributed by atoms with Crippen molar-refractivity contribution in [3.63, 3.8) is 0 Å². The van der Waals surface area contributed by atoms with E-state index in [1.54, 1.807) is 20.8 Å². The van der Waals surface area contributed by atoms with Crippen molar-refractivity contribution in [2.75, 3.05) is 31.3 Å². The molecule has 1 fully saturated rings. The molecule has 0 unspecified atom stereocenters. The second-order valence-electron chi connectivity index (χ2n) is 6.69. The Bertz CT molecular complexity index is 839. The molecule has 1 saturated heterocycles. The largest absolute Gasteiger partial charge is 0.422 e. The zero-order chi connectivity index (χ0) is 20.0. The summed E-state index contributed by atoms with van der Waals surface area (Å²) in [6.07, 6.45) is -3.17. The molecule has 1 aliphatic heterocycles. The molecule has 27 heavy (non-hydrogen) atoms. The van der Waals surface area contributed by atoms with Crippen molar-refractivity contribution in [2.45, 2.75) is 38.8 Å². The number of hydrogen-bond donors (Lipinski definition) is 2. The summed E-state index contributed by atoms with van der Waals surface area (Å²) in [6.45, 7) is 5.85. The number of halogens is 3. The summed E-state index contributed by atoms with van der Waals surface area (Å²) in [5, 5.41) is 6.77. The van der Waals surface area contributed by atoms with E-state index in [0.717, 1.165) is 0 Å². The minimum atomic E-state index is -4.67. The van der Waals surface area contributed by atoms with Gasteiger partial charge in [-0.3, -0.25) is 4.68 Å². The zero-order valence-corrected chi connectivity index (χ0v) is 15.4. The molecule has 148 valence electrons. The smallest absolute Gasteiger partial charge is 0.372 e. The van der Waals surface area contributed by atoms with Crippen LogP contribution in [0.15, 0.2) is 6.20 Å². The number of anilines is 2. The van der Waals surface area contributed by atoms with Crippen LogP contribution in [0.2, 0.25) is 0 Å². The van der Waals surface area contributed by atoms with Crippen molar-refractivity contribution in [1.29, 1.82) is 0 Å². The highest BCUT2D eigenvalue weighted by Crippen LogP contribution is 2.41. The second-order valence-corrected chi connectivity index (χ2v) is 6.69. The Balaban J connectivity index is 2.05. The van der Waals surface area contributed by atoms with E-state index in [9.17, 15) is 13.2 Å². The normalized spacial score (nSPS) is 17.9. The molecule has 3 rings (SSSR count).